The molecule has 2 N–H and O–H groups in total. The summed E-state index contributed by atoms with van der Waals surface area (Å²) in [5.74, 6) is 0.940. The summed E-state index contributed by atoms with van der Waals surface area (Å²) in [7, 11) is 0. The summed E-state index contributed by atoms with van der Waals surface area (Å²) in [6, 6.07) is 8.83. The van der Waals surface area contributed by atoms with E-state index in [2.05, 4.69) is 11.8 Å². The first-order valence-corrected chi connectivity index (χ1v) is 8.00. The van der Waals surface area contributed by atoms with Gasteiger partial charge in [0.05, 0.1) is 0 Å². The molecule has 112 valence electrons. The number of rotatable bonds is 7. The summed E-state index contributed by atoms with van der Waals surface area (Å²) in [4.78, 5) is 2.57. The molecule has 1 aliphatic rings. The first-order valence-electron chi connectivity index (χ1n) is 8.00. The van der Waals surface area contributed by atoms with Gasteiger partial charge in [0.1, 0.15) is 12.4 Å². The van der Waals surface area contributed by atoms with E-state index in [1.807, 2.05) is 24.3 Å². The van der Waals surface area contributed by atoms with E-state index in [-0.39, 0.29) is 0 Å². The molecule has 3 nitrogen and oxygen atoms in total. The molecule has 0 radical (unpaired) electrons. The lowest BCUT2D eigenvalue weighted by Crippen LogP contribution is -2.39. The molecular weight excluding hydrogens is 248 g/mol. The molecule has 1 fully saturated rings. The van der Waals surface area contributed by atoms with Crippen LogP contribution in [0.15, 0.2) is 24.3 Å². The maximum atomic E-state index is 5.93. The van der Waals surface area contributed by atoms with Crippen molar-refractivity contribution in [3.63, 3.8) is 0 Å². The molecule has 0 bridgehead atoms. The molecule has 0 spiro atoms. The number of nitrogens with two attached hydrogens (primary N) is 1. The maximum absolute atomic E-state index is 5.93. The summed E-state index contributed by atoms with van der Waals surface area (Å²) in [6.45, 7) is 5.67. The van der Waals surface area contributed by atoms with E-state index < -0.39 is 0 Å². The van der Waals surface area contributed by atoms with Gasteiger partial charge < -0.3 is 10.5 Å². The molecule has 1 aromatic rings. The van der Waals surface area contributed by atoms with Crippen LogP contribution in [0.5, 0.6) is 5.75 Å². The van der Waals surface area contributed by atoms with E-state index in [0.29, 0.717) is 6.54 Å². The number of hydrogen-bond donors (Lipinski definition) is 1. The topological polar surface area (TPSA) is 38.5 Å². The Labute approximate surface area is 123 Å². The molecule has 0 atom stereocenters. The van der Waals surface area contributed by atoms with Gasteiger partial charge in [0.2, 0.25) is 0 Å². The van der Waals surface area contributed by atoms with Gasteiger partial charge in [-0.05, 0) is 25.5 Å². The van der Waals surface area contributed by atoms with Crippen molar-refractivity contribution in [2.75, 3.05) is 19.7 Å². The van der Waals surface area contributed by atoms with Crippen LogP contribution >= 0.6 is 0 Å². The van der Waals surface area contributed by atoms with Gasteiger partial charge in [-0.2, -0.15) is 0 Å². The minimum atomic E-state index is 0.538. The highest BCUT2D eigenvalue weighted by atomic mass is 16.5. The van der Waals surface area contributed by atoms with Crippen LogP contribution in [-0.4, -0.2) is 30.6 Å². The molecule has 0 aromatic heterocycles. The molecular formula is C17H28N2O. The highest BCUT2D eigenvalue weighted by Crippen LogP contribution is 2.22. The summed E-state index contributed by atoms with van der Waals surface area (Å²) in [6.07, 6.45) is 6.89. The van der Waals surface area contributed by atoms with Crippen molar-refractivity contribution in [1.82, 2.24) is 4.90 Å². The highest BCUT2D eigenvalue weighted by Gasteiger charge is 2.19. The van der Waals surface area contributed by atoms with Gasteiger partial charge in [-0.25, -0.2) is 0 Å². The van der Waals surface area contributed by atoms with Gasteiger partial charge in [0.15, 0.2) is 0 Å². The minimum absolute atomic E-state index is 0.538. The van der Waals surface area contributed by atoms with Crippen molar-refractivity contribution in [2.45, 2.75) is 51.6 Å². The monoisotopic (exact) mass is 276 g/mol. The highest BCUT2D eigenvalue weighted by molar-refractivity contribution is 5.32. The summed E-state index contributed by atoms with van der Waals surface area (Å²) in [5, 5.41) is 0. The molecule has 1 aromatic carbocycles. The van der Waals surface area contributed by atoms with E-state index in [4.69, 9.17) is 10.5 Å². The van der Waals surface area contributed by atoms with Gasteiger partial charge >= 0.3 is 0 Å². The Bertz CT molecular complexity index is 388. The Balaban J connectivity index is 1.81. The second kappa shape index (κ2) is 8.28. The molecule has 0 heterocycles. The van der Waals surface area contributed by atoms with Crippen LogP contribution in [0.4, 0.5) is 0 Å². The van der Waals surface area contributed by atoms with Gasteiger partial charge in [-0.3, -0.25) is 4.90 Å². The van der Waals surface area contributed by atoms with Crippen LogP contribution < -0.4 is 10.5 Å². The van der Waals surface area contributed by atoms with Crippen molar-refractivity contribution in [3.8, 4) is 5.75 Å². The Morgan fingerprint density at radius 3 is 2.65 bits per heavy atom. The fraction of sp³-hybridized carbons (Fsp3) is 0.647. The number of nitrogens with zero attached hydrogens (tertiary/aromatic N) is 1. The number of benzene rings is 1. The third kappa shape index (κ3) is 4.22. The number of likely N-dealkylation sites (N-methyl/N-ethyl adjacent to an activating group) is 1. The summed E-state index contributed by atoms with van der Waals surface area (Å²) < 4.78 is 5.93. The largest absolute Gasteiger partial charge is 0.492 e. The normalized spacial score (nSPS) is 16.6. The maximum Gasteiger partial charge on any atom is 0.123 e. The summed E-state index contributed by atoms with van der Waals surface area (Å²) in [5.41, 5.74) is 6.83. The predicted octanol–water partition coefficient (Wildman–Crippen LogP) is 3.18. The molecule has 2 rings (SSSR count). The van der Waals surface area contributed by atoms with E-state index in [9.17, 15) is 0 Å². The first-order chi connectivity index (χ1) is 9.85. The van der Waals surface area contributed by atoms with Crippen molar-refractivity contribution in [1.29, 1.82) is 0 Å². The molecule has 1 aliphatic carbocycles. The van der Waals surface area contributed by atoms with Crippen LogP contribution in [0.2, 0.25) is 0 Å². The zero-order chi connectivity index (χ0) is 14.2. The zero-order valence-corrected chi connectivity index (χ0v) is 12.7. The van der Waals surface area contributed by atoms with Crippen molar-refractivity contribution in [2.24, 2.45) is 5.73 Å². The van der Waals surface area contributed by atoms with Crippen LogP contribution in [0.1, 0.15) is 44.6 Å². The Hall–Kier alpha value is -1.06. The van der Waals surface area contributed by atoms with Crippen LogP contribution in [0, 0.1) is 0 Å². The second-order valence-corrected chi connectivity index (χ2v) is 5.58. The van der Waals surface area contributed by atoms with Gasteiger partial charge in [-0.15, -0.1) is 0 Å². The molecule has 0 aliphatic heterocycles. The van der Waals surface area contributed by atoms with Crippen molar-refractivity contribution < 1.29 is 4.74 Å². The lowest BCUT2D eigenvalue weighted by molar-refractivity contribution is 0.136. The third-order valence-electron chi connectivity index (χ3n) is 4.33. The average molecular weight is 276 g/mol. The van der Waals surface area contributed by atoms with E-state index in [1.165, 1.54) is 32.1 Å². The SMILES string of the molecule is CCN(CCOc1ccccc1CN)C1CCCCC1. The van der Waals surface area contributed by atoms with Gasteiger partial charge in [-0.1, -0.05) is 44.4 Å². The Kier molecular flexibility index (Phi) is 6.34. The first kappa shape index (κ1) is 15.3. The lowest BCUT2D eigenvalue weighted by atomic mass is 9.94. The standard InChI is InChI=1S/C17H28N2O/c1-2-19(16-9-4-3-5-10-16)12-13-20-17-11-7-6-8-15(17)14-18/h6-8,11,16H,2-5,9-10,12-14,18H2,1H3. The van der Waals surface area contributed by atoms with Gasteiger partial charge in [0, 0.05) is 24.7 Å². The lowest BCUT2D eigenvalue weighted by Gasteiger charge is -2.33. The molecule has 1 saturated carbocycles. The third-order valence-corrected chi connectivity index (χ3v) is 4.33. The molecule has 0 unspecified atom stereocenters. The van der Waals surface area contributed by atoms with E-state index >= 15 is 0 Å². The Morgan fingerprint density at radius 1 is 1.20 bits per heavy atom. The van der Waals surface area contributed by atoms with Crippen LogP contribution in [0.3, 0.4) is 0 Å². The second-order valence-electron chi connectivity index (χ2n) is 5.58. The fourth-order valence-corrected chi connectivity index (χ4v) is 3.13. The van der Waals surface area contributed by atoms with Crippen molar-refractivity contribution >= 4 is 0 Å². The fourth-order valence-electron chi connectivity index (χ4n) is 3.13. The molecule has 20 heavy (non-hydrogen) atoms. The molecule has 0 amide bonds. The van der Waals surface area contributed by atoms with Crippen molar-refractivity contribution in [3.05, 3.63) is 29.8 Å². The number of ether oxygens (including phenoxy) is 1. The quantitative estimate of drug-likeness (QED) is 0.831. The average Bonchev–Trinajstić information content (AvgIpc) is 2.53. The zero-order valence-electron chi connectivity index (χ0n) is 12.7. The molecule has 0 saturated heterocycles. The van der Waals surface area contributed by atoms with E-state index in [0.717, 1.165) is 37.1 Å². The summed E-state index contributed by atoms with van der Waals surface area (Å²) >= 11 is 0. The Morgan fingerprint density at radius 2 is 1.95 bits per heavy atom. The number of hydrogen-bond acceptors (Lipinski definition) is 3. The van der Waals surface area contributed by atoms with Crippen LogP contribution in [-0.2, 0) is 6.54 Å². The van der Waals surface area contributed by atoms with Gasteiger partial charge in [0.25, 0.3) is 0 Å². The van der Waals surface area contributed by atoms with Crippen LogP contribution in [0.25, 0.3) is 0 Å². The molecule has 3 heteroatoms. The smallest absolute Gasteiger partial charge is 0.123 e. The van der Waals surface area contributed by atoms with E-state index in [1.54, 1.807) is 0 Å². The number of para-hydroxylation sites is 1. The predicted molar refractivity (Wildman–Crippen MR) is 83.9 cm³/mol. The minimum Gasteiger partial charge on any atom is -0.492 e.